The quantitative estimate of drug-likeness (QED) is 0.370. The molecule has 0 fully saturated rings. The lowest BCUT2D eigenvalue weighted by atomic mass is 10.1. The molecular weight excluding hydrogens is 514 g/mol. The van der Waals surface area contributed by atoms with E-state index < -0.39 is 16.1 Å². The van der Waals surface area contributed by atoms with Crippen molar-refractivity contribution in [1.82, 2.24) is 10.2 Å². The minimum absolute atomic E-state index is 0.0134. The molecule has 0 aliphatic carbocycles. The van der Waals surface area contributed by atoms with Crippen LogP contribution >= 0.6 is 11.6 Å². The molecule has 2 atom stereocenters. The van der Waals surface area contributed by atoms with Gasteiger partial charge in [-0.05, 0) is 62.1 Å². The third-order valence-corrected chi connectivity index (χ3v) is 7.58. The Bertz CT molecular complexity index is 1140. The van der Waals surface area contributed by atoms with E-state index in [1.165, 1.54) is 4.31 Å². The van der Waals surface area contributed by atoms with Gasteiger partial charge in [-0.1, -0.05) is 43.6 Å². The molecule has 0 saturated heterocycles. The number of hydrogen-bond donors (Lipinski definition) is 1. The van der Waals surface area contributed by atoms with Gasteiger partial charge in [-0.15, -0.1) is 0 Å². The van der Waals surface area contributed by atoms with Gasteiger partial charge in [0.15, 0.2) is 0 Å². The fourth-order valence-corrected chi connectivity index (χ4v) is 5.07. The minimum atomic E-state index is -3.59. The lowest BCUT2D eigenvalue weighted by molar-refractivity contribution is -0.141. The van der Waals surface area contributed by atoms with Crippen molar-refractivity contribution in [3.05, 3.63) is 59.1 Å². The third kappa shape index (κ3) is 9.23. The van der Waals surface area contributed by atoms with E-state index >= 15 is 0 Å². The first-order chi connectivity index (χ1) is 17.5. The Balaban J connectivity index is 2.23. The fraction of sp³-hybridized carbons (Fsp3) is 0.481. The smallest absolute Gasteiger partial charge is 0.243 e. The van der Waals surface area contributed by atoms with Gasteiger partial charge in [0.2, 0.25) is 21.8 Å². The number of carbonyl (C=O) groups excluding carboxylic acids is 2. The number of nitrogens with one attached hydrogen (secondary N) is 1. The number of nitrogens with zero attached hydrogens (tertiary/aromatic N) is 2. The predicted molar refractivity (Wildman–Crippen MR) is 148 cm³/mol. The van der Waals surface area contributed by atoms with Crippen molar-refractivity contribution in [3.8, 4) is 5.75 Å². The molecule has 0 aliphatic rings. The Morgan fingerprint density at radius 2 is 1.76 bits per heavy atom. The number of halogens is 1. The normalized spacial score (nSPS) is 12.9. The van der Waals surface area contributed by atoms with Crippen LogP contribution in [0.2, 0.25) is 5.02 Å². The van der Waals surface area contributed by atoms with E-state index in [1.54, 1.807) is 36.3 Å². The zero-order chi connectivity index (χ0) is 27.6. The van der Waals surface area contributed by atoms with E-state index in [1.807, 2.05) is 45.0 Å². The first kappa shape index (κ1) is 30.4. The molecule has 204 valence electrons. The molecule has 0 radical (unpaired) electrons. The van der Waals surface area contributed by atoms with E-state index in [0.717, 1.165) is 18.2 Å². The Hall–Kier alpha value is -2.78. The average molecular weight is 552 g/mol. The molecule has 37 heavy (non-hydrogen) atoms. The molecule has 0 unspecified atom stereocenters. The van der Waals surface area contributed by atoms with Crippen molar-refractivity contribution in [2.75, 3.05) is 24.2 Å². The number of carbonyl (C=O) groups is 2. The highest BCUT2D eigenvalue weighted by Gasteiger charge is 2.29. The van der Waals surface area contributed by atoms with E-state index in [4.69, 9.17) is 16.3 Å². The Morgan fingerprint density at radius 1 is 1.08 bits per heavy atom. The van der Waals surface area contributed by atoms with Crippen molar-refractivity contribution in [3.63, 3.8) is 0 Å². The maximum absolute atomic E-state index is 13.5. The van der Waals surface area contributed by atoms with Crippen molar-refractivity contribution < 1.29 is 22.7 Å². The van der Waals surface area contributed by atoms with Crippen LogP contribution in [0.5, 0.6) is 5.75 Å². The zero-order valence-electron chi connectivity index (χ0n) is 22.2. The monoisotopic (exact) mass is 551 g/mol. The summed E-state index contributed by atoms with van der Waals surface area (Å²) in [5.74, 6) is 0.280. The van der Waals surface area contributed by atoms with Gasteiger partial charge < -0.3 is 15.0 Å². The highest BCUT2D eigenvalue weighted by atomic mass is 35.5. The minimum Gasteiger partial charge on any atom is -0.497 e. The molecular formula is C27H38ClN3O5S. The summed E-state index contributed by atoms with van der Waals surface area (Å²) in [6.45, 7) is 6.14. The van der Waals surface area contributed by atoms with Gasteiger partial charge in [-0.2, -0.15) is 0 Å². The molecule has 2 aromatic rings. The second kappa shape index (κ2) is 14.2. The van der Waals surface area contributed by atoms with Crippen molar-refractivity contribution in [2.24, 2.45) is 0 Å². The molecule has 2 aromatic carbocycles. The van der Waals surface area contributed by atoms with Crippen molar-refractivity contribution in [2.45, 2.75) is 65.1 Å². The largest absolute Gasteiger partial charge is 0.497 e. The number of anilines is 1. The second-order valence-electron chi connectivity index (χ2n) is 9.03. The molecule has 10 heteroatoms. The highest BCUT2D eigenvalue weighted by molar-refractivity contribution is 7.92. The summed E-state index contributed by atoms with van der Waals surface area (Å²) in [6.07, 6.45) is 2.70. The maximum atomic E-state index is 13.5. The van der Waals surface area contributed by atoms with Crippen molar-refractivity contribution >= 4 is 39.1 Å². The average Bonchev–Trinajstić information content (AvgIpc) is 2.85. The van der Waals surface area contributed by atoms with Gasteiger partial charge in [-0.3, -0.25) is 13.9 Å². The molecule has 0 saturated carbocycles. The van der Waals surface area contributed by atoms with Gasteiger partial charge in [-0.25, -0.2) is 8.42 Å². The number of methoxy groups -OCH3 is 1. The number of sulfonamides is 1. The zero-order valence-corrected chi connectivity index (χ0v) is 23.8. The summed E-state index contributed by atoms with van der Waals surface area (Å²) in [5, 5.41) is 3.41. The lowest BCUT2D eigenvalue weighted by Gasteiger charge is -2.32. The molecule has 0 aliphatic heterocycles. The summed E-state index contributed by atoms with van der Waals surface area (Å²) >= 11 is 6.06. The Kier molecular flexibility index (Phi) is 11.7. The number of rotatable bonds is 14. The highest BCUT2D eigenvalue weighted by Crippen LogP contribution is 2.23. The maximum Gasteiger partial charge on any atom is 0.243 e. The van der Waals surface area contributed by atoms with Crippen LogP contribution in [-0.4, -0.2) is 57.1 Å². The van der Waals surface area contributed by atoms with Crippen LogP contribution in [0.15, 0.2) is 48.5 Å². The van der Waals surface area contributed by atoms with Crippen LogP contribution in [0.25, 0.3) is 0 Å². The molecule has 2 rings (SSSR count). The molecule has 0 aromatic heterocycles. The van der Waals surface area contributed by atoms with Crippen molar-refractivity contribution in [1.29, 1.82) is 0 Å². The summed E-state index contributed by atoms with van der Waals surface area (Å²) in [4.78, 5) is 28.2. The van der Waals surface area contributed by atoms with Crippen LogP contribution in [0.3, 0.4) is 0 Å². The second-order valence-corrected chi connectivity index (χ2v) is 11.4. The number of amides is 2. The number of benzene rings is 2. The summed E-state index contributed by atoms with van der Waals surface area (Å²) in [6, 6.07) is 13.3. The van der Waals surface area contributed by atoms with E-state index in [0.29, 0.717) is 22.9 Å². The SMILES string of the molecule is CC[C@@H](C)NC(=O)[C@@H](CC)N(Cc1ccc(OC)cc1)C(=O)CCCN(c1cccc(Cl)c1)S(C)(=O)=O. The van der Waals surface area contributed by atoms with Crippen LogP contribution in [0, 0.1) is 0 Å². The van der Waals surface area contributed by atoms with Crippen LogP contribution in [0.4, 0.5) is 5.69 Å². The predicted octanol–water partition coefficient (Wildman–Crippen LogP) is 4.62. The van der Waals surface area contributed by atoms with Crippen LogP contribution in [0.1, 0.15) is 52.0 Å². The van der Waals surface area contributed by atoms with Gasteiger partial charge >= 0.3 is 0 Å². The fourth-order valence-electron chi connectivity index (χ4n) is 3.92. The summed E-state index contributed by atoms with van der Waals surface area (Å²) in [5.41, 5.74) is 1.30. The van der Waals surface area contributed by atoms with E-state index in [9.17, 15) is 18.0 Å². The Labute approximate surface area is 226 Å². The van der Waals surface area contributed by atoms with Crippen LogP contribution < -0.4 is 14.4 Å². The lowest BCUT2D eigenvalue weighted by Crippen LogP contribution is -2.50. The molecule has 8 nitrogen and oxygen atoms in total. The van der Waals surface area contributed by atoms with Gasteiger partial charge in [0.1, 0.15) is 11.8 Å². The topological polar surface area (TPSA) is 96.0 Å². The Morgan fingerprint density at radius 3 is 2.30 bits per heavy atom. The standard InChI is InChI=1S/C27H38ClN3O5S/c1-6-20(3)29-27(33)25(7-2)30(19-21-13-15-24(36-4)16-14-21)26(32)12-9-17-31(37(5,34)35)23-11-8-10-22(28)18-23/h8,10-11,13-16,18,20,25H,6-7,9,12,17,19H2,1-5H3,(H,29,33)/t20-,25-/m1/s1. The molecule has 0 spiro atoms. The van der Waals surface area contributed by atoms with Gasteiger partial charge in [0, 0.05) is 30.6 Å². The van der Waals surface area contributed by atoms with Crippen LogP contribution in [-0.2, 0) is 26.2 Å². The molecule has 0 heterocycles. The first-order valence-corrected chi connectivity index (χ1v) is 14.7. The van der Waals surface area contributed by atoms with E-state index in [2.05, 4.69) is 5.32 Å². The summed E-state index contributed by atoms with van der Waals surface area (Å²) < 4.78 is 31.4. The number of ether oxygens (including phenoxy) is 1. The van der Waals surface area contributed by atoms with Gasteiger partial charge in [0.05, 0.1) is 19.1 Å². The first-order valence-electron chi connectivity index (χ1n) is 12.5. The summed E-state index contributed by atoms with van der Waals surface area (Å²) in [7, 11) is -2.00. The van der Waals surface area contributed by atoms with Gasteiger partial charge in [0.25, 0.3) is 0 Å². The molecule has 1 N–H and O–H groups in total. The molecule has 0 bridgehead atoms. The van der Waals surface area contributed by atoms with E-state index in [-0.39, 0.29) is 43.8 Å². The molecule has 2 amide bonds. The third-order valence-electron chi connectivity index (χ3n) is 6.15. The number of hydrogen-bond acceptors (Lipinski definition) is 5.